The fourth-order valence-corrected chi connectivity index (χ4v) is 4.22. The first-order chi connectivity index (χ1) is 16.3. The monoisotopic (exact) mass is 478 g/mol. The van der Waals surface area contributed by atoms with Crippen molar-refractivity contribution in [1.29, 1.82) is 0 Å². The molecule has 1 aliphatic rings. The molecule has 1 aliphatic heterocycles. The Bertz CT molecular complexity index is 1220. The molecule has 2 heterocycles. The molecule has 0 bridgehead atoms. The number of aryl methyl sites for hydroxylation is 1. The number of hydrogen-bond acceptors (Lipinski definition) is 5. The molecule has 4 rings (SSSR count). The van der Waals surface area contributed by atoms with Crippen LogP contribution in [-0.2, 0) is 4.79 Å². The predicted octanol–water partition coefficient (Wildman–Crippen LogP) is 5.39. The van der Waals surface area contributed by atoms with Gasteiger partial charge in [0.2, 0.25) is 5.91 Å². The van der Waals surface area contributed by atoms with Gasteiger partial charge in [-0.1, -0.05) is 11.6 Å². The molecular formula is C27H31ClN4O2. The fourth-order valence-electron chi connectivity index (χ4n) is 3.99. The second-order valence-corrected chi connectivity index (χ2v) is 9.40. The summed E-state index contributed by atoms with van der Waals surface area (Å²) in [5, 5.41) is 4.50. The smallest absolute Gasteiger partial charge is 0.248 e. The highest BCUT2D eigenvalue weighted by Crippen LogP contribution is 2.27. The molecule has 1 saturated heterocycles. The van der Waals surface area contributed by atoms with E-state index in [4.69, 9.17) is 21.3 Å². The van der Waals surface area contributed by atoms with Crippen LogP contribution >= 0.6 is 11.6 Å². The Morgan fingerprint density at radius 2 is 1.88 bits per heavy atom. The predicted molar refractivity (Wildman–Crippen MR) is 141 cm³/mol. The van der Waals surface area contributed by atoms with Crippen molar-refractivity contribution in [2.45, 2.75) is 26.9 Å². The van der Waals surface area contributed by atoms with Gasteiger partial charge in [-0.25, -0.2) is 4.98 Å². The minimum absolute atomic E-state index is 0.0717. The summed E-state index contributed by atoms with van der Waals surface area (Å²) in [5.74, 6) is 1.50. The van der Waals surface area contributed by atoms with E-state index >= 15 is 0 Å². The maximum absolute atomic E-state index is 12.5. The second kappa shape index (κ2) is 10.5. The Kier molecular flexibility index (Phi) is 7.39. The van der Waals surface area contributed by atoms with Gasteiger partial charge in [-0.3, -0.25) is 4.79 Å². The molecule has 1 aromatic heterocycles. The highest BCUT2D eigenvalue weighted by molar-refractivity contribution is 6.32. The number of rotatable bonds is 6. The van der Waals surface area contributed by atoms with Gasteiger partial charge in [-0.15, -0.1) is 0 Å². The Balaban J connectivity index is 1.45. The number of nitrogens with zero attached hydrogens (tertiary/aromatic N) is 3. The van der Waals surface area contributed by atoms with E-state index < -0.39 is 0 Å². The van der Waals surface area contributed by atoms with Gasteiger partial charge >= 0.3 is 0 Å². The van der Waals surface area contributed by atoms with E-state index in [1.807, 2.05) is 44.2 Å². The fraction of sp³-hybridized carbons (Fsp3) is 0.333. The summed E-state index contributed by atoms with van der Waals surface area (Å²) in [7, 11) is 2.15. The van der Waals surface area contributed by atoms with Crippen molar-refractivity contribution in [3.8, 4) is 5.75 Å². The van der Waals surface area contributed by atoms with Crippen LogP contribution < -0.4 is 15.0 Å². The van der Waals surface area contributed by atoms with Crippen LogP contribution in [0.2, 0.25) is 5.02 Å². The summed E-state index contributed by atoms with van der Waals surface area (Å²) in [6, 6.07) is 13.4. The third-order valence-corrected chi connectivity index (χ3v) is 6.18. The van der Waals surface area contributed by atoms with Crippen LogP contribution in [0.25, 0.3) is 17.0 Å². The van der Waals surface area contributed by atoms with E-state index in [2.05, 4.69) is 35.2 Å². The summed E-state index contributed by atoms with van der Waals surface area (Å²) in [6.45, 7) is 10.0. The zero-order valence-corrected chi connectivity index (χ0v) is 20.9. The minimum Gasteiger partial charge on any atom is -0.491 e. The number of amides is 1. The quantitative estimate of drug-likeness (QED) is 0.481. The number of piperazine rings is 1. The van der Waals surface area contributed by atoms with Crippen molar-refractivity contribution in [2.24, 2.45) is 0 Å². The highest BCUT2D eigenvalue weighted by atomic mass is 35.5. The maximum atomic E-state index is 12.5. The van der Waals surface area contributed by atoms with Gasteiger partial charge in [0.1, 0.15) is 11.6 Å². The van der Waals surface area contributed by atoms with Crippen LogP contribution in [-0.4, -0.2) is 55.1 Å². The first-order valence-corrected chi connectivity index (χ1v) is 12.0. The zero-order chi connectivity index (χ0) is 24.2. The normalized spacial score (nSPS) is 14.8. The SMILES string of the molecule is Cc1cc(N2CCN(C)CC2)nc2ccc(NC(=O)/C=C/c3ccc(OC(C)C)cc3Cl)cc12. The number of pyridine rings is 1. The first-order valence-electron chi connectivity index (χ1n) is 11.6. The second-order valence-electron chi connectivity index (χ2n) is 8.99. The number of aromatic nitrogens is 1. The molecule has 7 heteroatoms. The molecule has 34 heavy (non-hydrogen) atoms. The van der Waals surface area contributed by atoms with Crippen molar-refractivity contribution in [1.82, 2.24) is 9.88 Å². The molecule has 6 nitrogen and oxygen atoms in total. The summed E-state index contributed by atoms with van der Waals surface area (Å²) in [4.78, 5) is 22.1. The Hall–Kier alpha value is -3.09. The molecule has 2 aromatic carbocycles. The van der Waals surface area contributed by atoms with Gasteiger partial charge in [0.25, 0.3) is 0 Å². The number of ether oxygens (including phenoxy) is 1. The number of halogens is 1. The lowest BCUT2D eigenvalue weighted by Gasteiger charge is -2.33. The van der Waals surface area contributed by atoms with E-state index in [0.29, 0.717) is 10.8 Å². The maximum Gasteiger partial charge on any atom is 0.248 e. The van der Waals surface area contributed by atoms with Crippen LogP contribution in [0.5, 0.6) is 5.75 Å². The number of nitrogens with one attached hydrogen (secondary N) is 1. The Labute approximate surface area is 206 Å². The number of benzene rings is 2. The molecule has 1 amide bonds. The number of carbonyl (C=O) groups excluding carboxylic acids is 1. The van der Waals surface area contributed by atoms with Gasteiger partial charge in [0, 0.05) is 43.3 Å². The van der Waals surface area contributed by atoms with Crippen LogP contribution in [0.4, 0.5) is 11.5 Å². The van der Waals surface area contributed by atoms with Crippen LogP contribution in [0, 0.1) is 6.92 Å². The lowest BCUT2D eigenvalue weighted by Crippen LogP contribution is -2.44. The van der Waals surface area contributed by atoms with Crippen molar-refractivity contribution < 1.29 is 9.53 Å². The van der Waals surface area contributed by atoms with E-state index in [1.165, 1.54) is 6.08 Å². The first kappa shape index (κ1) is 24.0. The van der Waals surface area contributed by atoms with E-state index in [-0.39, 0.29) is 12.0 Å². The van der Waals surface area contributed by atoms with Gasteiger partial charge in [-0.2, -0.15) is 0 Å². The average Bonchev–Trinajstić information content (AvgIpc) is 2.79. The number of hydrogen-bond donors (Lipinski definition) is 1. The standard InChI is InChI=1S/C27H31ClN4O2/c1-18(2)34-22-8-5-20(24(28)17-22)6-10-27(33)29-21-7-9-25-23(16-21)19(3)15-26(30-25)32-13-11-31(4)12-14-32/h5-10,15-18H,11-14H2,1-4H3,(H,29,33)/b10-6+. The molecule has 0 aliphatic carbocycles. The number of fused-ring (bicyclic) bond motifs is 1. The minimum atomic E-state index is -0.224. The third kappa shape index (κ3) is 5.88. The Morgan fingerprint density at radius 1 is 1.12 bits per heavy atom. The molecular weight excluding hydrogens is 448 g/mol. The van der Waals surface area contributed by atoms with Crippen LogP contribution in [0.15, 0.2) is 48.5 Å². The van der Waals surface area contributed by atoms with Gasteiger partial charge in [-0.05, 0) is 87.5 Å². The lowest BCUT2D eigenvalue weighted by molar-refractivity contribution is -0.111. The largest absolute Gasteiger partial charge is 0.491 e. The van der Waals surface area contributed by atoms with Crippen LogP contribution in [0.1, 0.15) is 25.0 Å². The summed E-state index contributed by atoms with van der Waals surface area (Å²) < 4.78 is 5.65. The van der Waals surface area contributed by atoms with E-state index in [1.54, 1.807) is 12.1 Å². The average molecular weight is 479 g/mol. The molecule has 0 unspecified atom stereocenters. The van der Waals surface area contributed by atoms with Crippen molar-refractivity contribution >= 4 is 46.0 Å². The van der Waals surface area contributed by atoms with E-state index in [0.717, 1.165) is 59.7 Å². The summed E-state index contributed by atoms with van der Waals surface area (Å²) in [5.41, 5.74) is 3.55. The topological polar surface area (TPSA) is 57.7 Å². The molecule has 0 spiro atoms. The molecule has 0 atom stereocenters. The molecule has 0 saturated carbocycles. The van der Waals surface area contributed by atoms with Gasteiger partial charge in [0.15, 0.2) is 0 Å². The zero-order valence-electron chi connectivity index (χ0n) is 20.1. The highest BCUT2D eigenvalue weighted by Gasteiger charge is 2.16. The molecule has 0 radical (unpaired) electrons. The number of likely N-dealkylation sites (N-methyl/N-ethyl adjacent to an activating group) is 1. The van der Waals surface area contributed by atoms with E-state index in [9.17, 15) is 4.79 Å². The Morgan fingerprint density at radius 3 is 2.59 bits per heavy atom. The summed E-state index contributed by atoms with van der Waals surface area (Å²) >= 11 is 6.34. The van der Waals surface area contributed by atoms with Gasteiger partial charge in [0.05, 0.1) is 16.6 Å². The van der Waals surface area contributed by atoms with Gasteiger partial charge < -0.3 is 19.9 Å². The molecule has 3 aromatic rings. The third-order valence-electron chi connectivity index (χ3n) is 5.85. The van der Waals surface area contributed by atoms with Crippen LogP contribution in [0.3, 0.4) is 0 Å². The number of anilines is 2. The van der Waals surface area contributed by atoms with Crippen molar-refractivity contribution in [3.63, 3.8) is 0 Å². The van der Waals surface area contributed by atoms with Crippen molar-refractivity contribution in [2.75, 3.05) is 43.4 Å². The lowest BCUT2D eigenvalue weighted by atomic mass is 10.1. The molecule has 178 valence electrons. The van der Waals surface area contributed by atoms with Crippen molar-refractivity contribution in [3.05, 3.63) is 64.7 Å². The molecule has 1 N–H and O–H groups in total. The number of carbonyl (C=O) groups is 1. The molecule has 1 fully saturated rings. The summed E-state index contributed by atoms with van der Waals surface area (Å²) in [6.07, 6.45) is 3.26.